The Labute approximate surface area is 104 Å². The molecule has 2 unspecified atom stereocenters. The van der Waals surface area contributed by atoms with Crippen LogP contribution in [0.15, 0.2) is 0 Å². The SMILES string of the molecule is CCCCCCOC(CO)C(CC=O)OCC. The van der Waals surface area contributed by atoms with Gasteiger partial charge in [0.25, 0.3) is 0 Å². The van der Waals surface area contributed by atoms with Crippen molar-refractivity contribution in [1.29, 1.82) is 0 Å². The van der Waals surface area contributed by atoms with E-state index in [-0.39, 0.29) is 25.2 Å². The van der Waals surface area contributed by atoms with Gasteiger partial charge in [0, 0.05) is 19.6 Å². The molecule has 0 aromatic rings. The Bertz CT molecular complexity index is 173. The van der Waals surface area contributed by atoms with Crippen molar-refractivity contribution in [3.05, 3.63) is 0 Å². The maximum absolute atomic E-state index is 10.5. The Morgan fingerprint density at radius 2 is 1.88 bits per heavy atom. The Kier molecular flexibility index (Phi) is 11.7. The third kappa shape index (κ3) is 8.30. The van der Waals surface area contributed by atoms with E-state index in [1.165, 1.54) is 12.8 Å². The molecule has 0 aromatic heterocycles. The molecule has 1 N–H and O–H groups in total. The summed E-state index contributed by atoms with van der Waals surface area (Å²) in [5.74, 6) is 0. The van der Waals surface area contributed by atoms with Crippen molar-refractivity contribution in [2.75, 3.05) is 19.8 Å². The lowest BCUT2D eigenvalue weighted by molar-refractivity contribution is -0.119. The topological polar surface area (TPSA) is 55.8 Å². The quantitative estimate of drug-likeness (QED) is 0.422. The minimum atomic E-state index is -0.387. The Morgan fingerprint density at radius 1 is 1.12 bits per heavy atom. The first-order valence-corrected chi connectivity index (χ1v) is 6.57. The number of aliphatic hydroxyl groups is 1. The van der Waals surface area contributed by atoms with E-state index >= 15 is 0 Å². The number of carbonyl (C=O) groups is 1. The molecule has 0 aliphatic heterocycles. The molecule has 0 aliphatic carbocycles. The van der Waals surface area contributed by atoms with Gasteiger partial charge in [-0.2, -0.15) is 0 Å². The van der Waals surface area contributed by atoms with Crippen molar-refractivity contribution in [2.45, 2.75) is 58.2 Å². The summed E-state index contributed by atoms with van der Waals surface area (Å²) in [7, 11) is 0. The predicted octanol–water partition coefficient (Wildman–Crippen LogP) is 1.94. The molecule has 102 valence electrons. The molecular weight excluding hydrogens is 220 g/mol. The summed E-state index contributed by atoms with van der Waals surface area (Å²) < 4.78 is 11.0. The fraction of sp³-hybridized carbons (Fsp3) is 0.923. The number of hydrogen-bond acceptors (Lipinski definition) is 4. The number of aldehydes is 1. The second-order valence-corrected chi connectivity index (χ2v) is 4.05. The first kappa shape index (κ1) is 16.6. The lowest BCUT2D eigenvalue weighted by Gasteiger charge is -2.24. The maximum Gasteiger partial charge on any atom is 0.122 e. The van der Waals surface area contributed by atoms with Gasteiger partial charge in [0.15, 0.2) is 0 Å². The van der Waals surface area contributed by atoms with Crippen molar-refractivity contribution in [1.82, 2.24) is 0 Å². The van der Waals surface area contributed by atoms with Crippen LogP contribution in [-0.4, -0.2) is 43.4 Å². The second-order valence-electron chi connectivity index (χ2n) is 4.05. The largest absolute Gasteiger partial charge is 0.394 e. The smallest absolute Gasteiger partial charge is 0.122 e. The Balaban J connectivity index is 3.87. The van der Waals surface area contributed by atoms with E-state index in [4.69, 9.17) is 9.47 Å². The van der Waals surface area contributed by atoms with E-state index in [9.17, 15) is 9.90 Å². The first-order valence-electron chi connectivity index (χ1n) is 6.57. The number of ether oxygens (including phenoxy) is 2. The van der Waals surface area contributed by atoms with Crippen molar-refractivity contribution in [3.63, 3.8) is 0 Å². The summed E-state index contributed by atoms with van der Waals surface area (Å²) in [5.41, 5.74) is 0. The van der Waals surface area contributed by atoms with Gasteiger partial charge in [0.1, 0.15) is 12.4 Å². The fourth-order valence-electron chi connectivity index (χ4n) is 1.68. The molecule has 0 bridgehead atoms. The highest BCUT2D eigenvalue weighted by molar-refractivity contribution is 5.50. The molecular formula is C13H26O4. The van der Waals surface area contributed by atoms with Crippen LogP contribution in [0, 0.1) is 0 Å². The van der Waals surface area contributed by atoms with Crippen LogP contribution in [0.1, 0.15) is 46.0 Å². The predicted molar refractivity (Wildman–Crippen MR) is 67.1 cm³/mol. The molecule has 0 aliphatic rings. The van der Waals surface area contributed by atoms with Gasteiger partial charge >= 0.3 is 0 Å². The van der Waals surface area contributed by atoms with Gasteiger partial charge in [-0.25, -0.2) is 0 Å². The summed E-state index contributed by atoms with van der Waals surface area (Å²) >= 11 is 0. The third-order valence-electron chi connectivity index (χ3n) is 2.63. The zero-order valence-electron chi connectivity index (χ0n) is 11.1. The van der Waals surface area contributed by atoms with Crippen LogP contribution in [0.4, 0.5) is 0 Å². The summed E-state index contributed by atoms with van der Waals surface area (Å²) in [6.45, 7) is 5.06. The minimum Gasteiger partial charge on any atom is -0.394 e. The minimum absolute atomic E-state index is 0.105. The molecule has 0 radical (unpaired) electrons. The van der Waals surface area contributed by atoms with Crippen LogP contribution in [0.25, 0.3) is 0 Å². The van der Waals surface area contributed by atoms with Gasteiger partial charge in [-0.3, -0.25) is 0 Å². The average Bonchev–Trinajstić information content (AvgIpc) is 2.34. The number of hydrogen-bond donors (Lipinski definition) is 1. The fourth-order valence-corrected chi connectivity index (χ4v) is 1.68. The maximum atomic E-state index is 10.5. The van der Waals surface area contributed by atoms with E-state index in [1.807, 2.05) is 6.92 Å². The molecule has 4 heteroatoms. The highest BCUT2D eigenvalue weighted by Gasteiger charge is 2.21. The lowest BCUT2D eigenvalue weighted by Crippen LogP contribution is -2.35. The van der Waals surface area contributed by atoms with Crippen molar-refractivity contribution in [3.8, 4) is 0 Å². The van der Waals surface area contributed by atoms with E-state index < -0.39 is 0 Å². The second kappa shape index (κ2) is 12.0. The van der Waals surface area contributed by atoms with E-state index in [0.717, 1.165) is 19.1 Å². The van der Waals surface area contributed by atoms with Crippen LogP contribution >= 0.6 is 0 Å². The van der Waals surface area contributed by atoms with Crippen molar-refractivity contribution >= 4 is 6.29 Å². The van der Waals surface area contributed by atoms with Gasteiger partial charge in [-0.05, 0) is 13.3 Å². The van der Waals surface area contributed by atoms with Gasteiger partial charge in [0.2, 0.25) is 0 Å². The Hall–Kier alpha value is -0.450. The number of rotatable bonds is 12. The normalized spacial score (nSPS) is 14.5. The lowest BCUT2D eigenvalue weighted by atomic mass is 10.1. The molecule has 2 atom stereocenters. The average molecular weight is 246 g/mol. The highest BCUT2D eigenvalue weighted by Crippen LogP contribution is 2.09. The summed E-state index contributed by atoms with van der Waals surface area (Å²) in [4.78, 5) is 10.5. The van der Waals surface area contributed by atoms with Gasteiger partial charge in [0.05, 0.1) is 12.7 Å². The van der Waals surface area contributed by atoms with Gasteiger partial charge < -0.3 is 19.4 Å². The molecule has 0 rings (SSSR count). The number of carbonyl (C=O) groups excluding carboxylic acids is 1. The van der Waals surface area contributed by atoms with E-state index in [0.29, 0.717) is 13.2 Å². The van der Waals surface area contributed by atoms with Crippen molar-refractivity contribution in [2.24, 2.45) is 0 Å². The standard InChI is InChI=1S/C13H26O4/c1-3-5-6-7-10-17-13(11-15)12(8-9-14)16-4-2/h9,12-13,15H,3-8,10-11H2,1-2H3. The molecule has 17 heavy (non-hydrogen) atoms. The van der Waals surface area contributed by atoms with Crippen molar-refractivity contribution < 1.29 is 19.4 Å². The van der Waals surface area contributed by atoms with Crippen LogP contribution in [0.5, 0.6) is 0 Å². The van der Waals surface area contributed by atoms with Crippen LogP contribution < -0.4 is 0 Å². The monoisotopic (exact) mass is 246 g/mol. The molecule has 0 amide bonds. The highest BCUT2D eigenvalue weighted by atomic mass is 16.5. The molecule has 0 aromatic carbocycles. The summed E-state index contributed by atoms with van der Waals surface area (Å²) in [6, 6.07) is 0. The molecule has 0 saturated heterocycles. The third-order valence-corrected chi connectivity index (χ3v) is 2.63. The number of aliphatic hydroxyl groups excluding tert-OH is 1. The molecule has 0 heterocycles. The molecule has 0 fully saturated rings. The van der Waals surface area contributed by atoms with E-state index in [1.54, 1.807) is 0 Å². The molecule has 0 saturated carbocycles. The van der Waals surface area contributed by atoms with Gasteiger partial charge in [-0.1, -0.05) is 26.2 Å². The summed E-state index contributed by atoms with van der Waals surface area (Å²) in [6.07, 6.45) is 4.89. The zero-order valence-corrected chi connectivity index (χ0v) is 11.1. The van der Waals surface area contributed by atoms with Crippen LogP contribution in [0.3, 0.4) is 0 Å². The summed E-state index contributed by atoms with van der Waals surface area (Å²) in [5, 5.41) is 9.23. The molecule has 0 spiro atoms. The van der Waals surface area contributed by atoms with Crippen LogP contribution in [0.2, 0.25) is 0 Å². The number of unbranched alkanes of at least 4 members (excludes halogenated alkanes) is 3. The first-order chi connectivity index (χ1) is 8.29. The van der Waals surface area contributed by atoms with E-state index in [2.05, 4.69) is 6.92 Å². The van der Waals surface area contributed by atoms with Gasteiger partial charge in [-0.15, -0.1) is 0 Å². The zero-order chi connectivity index (χ0) is 12.9. The Morgan fingerprint density at radius 3 is 2.41 bits per heavy atom. The molecule has 4 nitrogen and oxygen atoms in total. The van der Waals surface area contributed by atoms with Crippen LogP contribution in [-0.2, 0) is 14.3 Å².